The first-order valence-corrected chi connectivity index (χ1v) is 9.55. The smallest absolute Gasteiger partial charge is 0.225 e. The van der Waals surface area contributed by atoms with Crippen molar-refractivity contribution in [2.24, 2.45) is 5.92 Å². The van der Waals surface area contributed by atoms with Crippen LogP contribution < -0.4 is 19.5 Å². The van der Waals surface area contributed by atoms with Crippen molar-refractivity contribution in [2.75, 3.05) is 33.9 Å². The number of amides is 2. The third kappa shape index (κ3) is 5.40. The third-order valence-corrected chi connectivity index (χ3v) is 4.87. The molecule has 0 bridgehead atoms. The molecule has 1 unspecified atom stereocenters. The van der Waals surface area contributed by atoms with Gasteiger partial charge in [0.25, 0.3) is 0 Å². The third-order valence-electron chi connectivity index (χ3n) is 4.87. The van der Waals surface area contributed by atoms with Crippen LogP contribution in [0.2, 0.25) is 0 Å². The van der Waals surface area contributed by atoms with Gasteiger partial charge < -0.3 is 24.4 Å². The molecule has 0 saturated carbocycles. The SMILES string of the molecule is COc1ccc(OCCNC(=O)C2CC(=O)N(Cc3ccccc3OC)C2)cc1. The van der Waals surface area contributed by atoms with Gasteiger partial charge in [0, 0.05) is 25.1 Å². The Hall–Kier alpha value is -3.22. The van der Waals surface area contributed by atoms with Gasteiger partial charge in [-0.2, -0.15) is 0 Å². The Morgan fingerprint density at radius 2 is 1.79 bits per heavy atom. The fourth-order valence-corrected chi connectivity index (χ4v) is 3.30. The van der Waals surface area contributed by atoms with Crippen molar-refractivity contribution in [3.8, 4) is 17.2 Å². The molecule has 1 fully saturated rings. The van der Waals surface area contributed by atoms with Gasteiger partial charge in [-0.25, -0.2) is 0 Å². The van der Waals surface area contributed by atoms with Crippen LogP contribution in [0.4, 0.5) is 0 Å². The summed E-state index contributed by atoms with van der Waals surface area (Å²) in [6, 6.07) is 14.8. The number of likely N-dealkylation sites (tertiary alicyclic amines) is 1. The van der Waals surface area contributed by atoms with Crippen molar-refractivity contribution >= 4 is 11.8 Å². The Balaban J connectivity index is 1.43. The van der Waals surface area contributed by atoms with Gasteiger partial charge in [-0.05, 0) is 30.3 Å². The van der Waals surface area contributed by atoms with Gasteiger partial charge in [0.15, 0.2) is 0 Å². The Morgan fingerprint density at radius 1 is 1.07 bits per heavy atom. The number of carbonyl (C=O) groups is 2. The lowest BCUT2D eigenvalue weighted by atomic mass is 10.1. The number of nitrogens with one attached hydrogen (secondary N) is 1. The van der Waals surface area contributed by atoms with E-state index in [2.05, 4.69) is 5.32 Å². The molecular weight excluding hydrogens is 372 g/mol. The summed E-state index contributed by atoms with van der Waals surface area (Å²) >= 11 is 0. The lowest BCUT2D eigenvalue weighted by Gasteiger charge is -2.18. The lowest BCUT2D eigenvalue weighted by Crippen LogP contribution is -2.35. The molecular formula is C22H26N2O5. The summed E-state index contributed by atoms with van der Waals surface area (Å²) in [7, 11) is 3.21. The molecule has 3 rings (SSSR count). The topological polar surface area (TPSA) is 77.1 Å². The zero-order valence-corrected chi connectivity index (χ0v) is 16.7. The van der Waals surface area contributed by atoms with Crippen LogP contribution >= 0.6 is 0 Å². The van der Waals surface area contributed by atoms with E-state index in [9.17, 15) is 9.59 Å². The maximum atomic E-state index is 12.4. The molecule has 7 nitrogen and oxygen atoms in total. The van der Waals surface area contributed by atoms with E-state index in [1.54, 1.807) is 19.1 Å². The number of nitrogens with zero attached hydrogens (tertiary/aromatic N) is 1. The first-order valence-electron chi connectivity index (χ1n) is 9.55. The number of hydrogen-bond acceptors (Lipinski definition) is 5. The van der Waals surface area contributed by atoms with Gasteiger partial charge >= 0.3 is 0 Å². The monoisotopic (exact) mass is 398 g/mol. The molecule has 0 aromatic heterocycles. The van der Waals surface area contributed by atoms with E-state index in [1.807, 2.05) is 48.5 Å². The van der Waals surface area contributed by atoms with E-state index in [1.165, 1.54) is 0 Å². The van der Waals surface area contributed by atoms with Crippen LogP contribution in [0.5, 0.6) is 17.2 Å². The number of ether oxygens (including phenoxy) is 3. The summed E-state index contributed by atoms with van der Waals surface area (Å²) < 4.78 is 16.0. The molecule has 2 amide bonds. The number of para-hydroxylation sites is 1. The molecule has 0 aliphatic carbocycles. The zero-order valence-electron chi connectivity index (χ0n) is 16.7. The highest BCUT2D eigenvalue weighted by Crippen LogP contribution is 2.24. The average molecular weight is 398 g/mol. The number of hydrogen-bond donors (Lipinski definition) is 1. The number of carbonyl (C=O) groups excluding carboxylic acids is 2. The van der Waals surface area contributed by atoms with Crippen LogP contribution in [0.1, 0.15) is 12.0 Å². The van der Waals surface area contributed by atoms with Crippen molar-refractivity contribution in [3.05, 3.63) is 54.1 Å². The van der Waals surface area contributed by atoms with Crippen LogP contribution in [0.15, 0.2) is 48.5 Å². The molecule has 0 spiro atoms. The second-order valence-electron chi connectivity index (χ2n) is 6.80. The molecule has 1 N–H and O–H groups in total. The second-order valence-corrected chi connectivity index (χ2v) is 6.80. The predicted octanol–water partition coefficient (Wildman–Crippen LogP) is 2.25. The Morgan fingerprint density at radius 3 is 2.52 bits per heavy atom. The Labute approximate surface area is 170 Å². The highest BCUT2D eigenvalue weighted by molar-refractivity contribution is 5.89. The van der Waals surface area contributed by atoms with Crippen molar-refractivity contribution in [2.45, 2.75) is 13.0 Å². The summed E-state index contributed by atoms with van der Waals surface area (Å²) in [5.74, 6) is 1.71. The normalized spacial score (nSPS) is 15.9. The van der Waals surface area contributed by atoms with Gasteiger partial charge in [-0.15, -0.1) is 0 Å². The van der Waals surface area contributed by atoms with E-state index in [0.717, 1.165) is 17.1 Å². The van der Waals surface area contributed by atoms with E-state index in [-0.39, 0.29) is 24.2 Å². The standard InChI is InChI=1S/C22H26N2O5/c1-27-18-7-9-19(10-8-18)29-12-11-23-22(26)17-13-21(25)24(15-17)14-16-5-3-4-6-20(16)28-2/h3-10,17H,11-15H2,1-2H3,(H,23,26). The molecule has 0 radical (unpaired) electrons. The van der Waals surface area contributed by atoms with Gasteiger partial charge in [-0.3, -0.25) is 9.59 Å². The number of methoxy groups -OCH3 is 2. The average Bonchev–Trinajstić information content (AvgIpc) is 3.12. The molecule has 154 valence electrons. The molecule has 1 aliphatic heterocycles. The molecule has 1 aliphatic rings. The summed E-state index contributed by atoms with van der Waals surface area (Å²) in [6.07, 6.45) is 0.223. The number of benzene rings is 2. The zero-order chi connectivity index (χ0) is 20.6. The highest BCUT2D eigenvalue weighted by Gasteiger charge is 2.34. The quantitative estimate of drug-likeness (QED) is 0.656. The highest BCUT2D eigenvalue weighted by atomic mass is 16.5. The van der Waals surface area contributed by atoms with Crippen molar-refractivity contribution in [1.82, 2.24) is 10.2 Å². The summed E-state index contributed by atoms with van der Waals surface area (Å²) in [6.45, 7) is 1.57. The fourth-order valence-electron chi connectivity index (χ4n) is 3.30. The minimum atomic E-state index is -0.349. The van der Waals surface area contributed by atoms with Gasteiger partial charge in [0.05, 0.1) is 26.7 Å². The minimum Gasteiger partial charge on any atom is -0.497 e. The molecule has 2 aromatic rings. The first-order chi connectivity index (χ1) is 14.1. The fraction of sp³-hybridized carbons (Fsp3) is 0.364. The Bertz CT molecular complexity index is 837. The summed E-state index contributed by atoms with van der Waals surface area (Å²) in [5.41, 5.74) is 0.928. The van der Waals surface area contributed by atoms with Crippen LogP contribution in [0.3, 0.4) is 0 Å². The van der Waals surface area contributed by atoms with Crippen LogP contribution in [0, 0.1) is 5.92 Å². The molecule has 1 heterocycles. The molecule has 1 atom stereocenters. The molecule has 2 aromatic carbocycles. The van der Waals surface area contributed by atoms with Gasteiger partial charge in [0.2, 0.25) is 11.8 Å². The predicted molar refractivity (Wildman–Crippen MR) is 108 cm³/mol. The molecule has 1 saturated heterocycles. The van der Waals surface area contributed by atoms with Gasteiger partial charge in [-0.1, -0.05) is 18.2 Å². The summed E-state index contributed by atoms with van der Waals surface area (Å²) in [5, 5.41) is 2.85. The summed E-state index contributed by atoms with van der Waals surface area (Å²) in [4.78, 5) is 26.5. The molecule has 29 heavy (non-hydrogen) atoms. The maximum absolute atomic E-state index is 12.4. The largest absolute Gasteiger partial charge is 0.497 e. The van der Waals surface area contributed by atoms with Crippen molar-refractivity contribution in [3.63, 3.8) is 0 Å². The maximum Gasteiger partial charge on any atom is 0.225 e. The Kier molecular flexibility index (Phi) is 6.94. The molecule has 7 heteroatoms. The van der Waals surface area contributed by atoms with Gasteiger partial charge in [0.1, 0.15) is 23.9 Å². The van der Waals surface area contributed by atoms with Crippen LogP contribution in [-0.2, 0) is 16.1 Å². The minimum absolute atomic E-state index is 0.0226. The van der Waals surface area contributed by atoms with E-state index >= 15 is 0 Å². The van der Waals surface area contributed by atoms with Crippen molar-refractivity contribution < 1.29 is 23.8 Å². The lowest BCUT2D eigenvalue weighted by molar-refractivity contribution is -0.129. The number of rotatable bonds is 9. The van der Waals surface area contributed by atoms with E-state index in [0.29, 0.717) is 32.0 Å². The van der Waals surface area contributed by atoms with Crippen LogP contribution in [-0.4, -0.2) is 50.6 Å². The second kappa shape index (κ2) is 9.82. The first kappa shape index (κ1) is 20.5. The van der Waals surface area contributed by atoms with Crippen LogP contribution in [0.25, 0.3) is 0 Å². The van der Waals surface area contributed by atoms with E-state index in [4.69, 9.17) is 14.2 Å². The van der Waals surface area contributed by atoms with Crippen molar-refractivity contribution in [1.29, 1.82) is 0 Å². The van der Waals surface area contributed by atoms with E-state index < -0.39 is 0 Å².